The van der Waals surface area contributed by atoms with Gasteiger partial charge in [-0.3, -0.25) is 14.8 Å². The maximum atomic E-state index is 13.5. The Bertz CT molecular complexity index is 1480. The molecule has 37 heavy (non-hydrogen) atoms. The molecule has 1 unspecified atom stereocenters. The molecule has 3 heterocycles. The first-order valence-electron chi connectivity index (χ1n) is 12.2. The average molecular weight is 520 g/mol. The standard InChI is InChI=1S/C27H29N5O4S/c1-4-18-9-8-17(2)22(18)13-25-30-27(28-3)31-37(34,35)21-7-5-6-19(12-21)26(33)32-15-20-10-11-29-14-23(20)24(16-32)36-25/h5-12,14,18,24H,4,13,15-16H2,1-3H3,(H,28,31)/t18-,24?/m0/s1. The van der Waals surface area contributed by atoms with Crippen molar-refractivity contribution in [1.82, 2.24) is 14.6 Å². The van der Waals surface area contributed by atoms with Gasteiger partial charge in [-0.1, -0.05) is 36.3 Å². The van der Waals surface area contributed by atoms with E-state index >= 15 is 0 Å². The van der Waals surface area contributed by atoms with E-state index < -0.39 is 16.1 Å². The number of pyridine rings is 1. The summed E-state index contributed by atoms with van der Waals surface area (Å²) in [6, 6.07) is 7.87. The van der Waals surface area contributed by atoms with Crippen molar-refractivity contribution in [3.8, 4) is 0 Å². The highest BCUT2D eigenvalue weighted by Crippen LogP contribution is 2.34. The summed E-state index contributed by atoms with van der Waals surface area (Å²) >= 11 is 0. The van der Waals surface area contributed by atoms with Crippen LogP contribution in [-0.2, 0) is 21.3 Å². The molecule has 9 nitrogen and oxygen atoms in total. The Hall–Kier alpha value is -3.79. The molecule has 3 aliphatic rings. The summed E-state index contributed by atoms with van der Waals surface area (Å²) in [6.45, 7) is 4.81. The van der Waals surface area contributed by atoms with Gasteiger partial charge >= 0.3 is 0 Å². The molecule has 5 rings (SSSR count). The average Bonchev–Trinajstić information content (AvgIpc) is 3.26. The highest BCUT2D eigenvalue weighted by atomic mass is 32.2. The van der Waals surface area contributed by atoms with E-state index in [9.17, 15) is 13.2 Å². The number of carbonyl (C=O) groups excluding carboxylic acids is 1. The maximum Gasteiger partial charge on any atom is 0.264 e. The van der Waals surface area contributed by atoms with Crippen molar-refractivity contribution in [2.75, 3.05) is 13.6 Å². The van der Waals surface area contributed by atoms with Crippen LogP contribution >= 0.6 is 0 Å². The molecule has 192 valence electrons. The number of aliphatic imine (C=N–C) groups is 2. The fraction of sp³-hybridized carbons (Fsp3) is 0.333. The molecule has 2 atom stereocenters. The van der Waals surface area contributed by atoms with E-state index in [1.165, 1.54) is 19.2 Å². The molecule has 1 amide bonds. The lowest BCUT2D eigenvalue weighted by Crippen LogP contribution is -2.39. The molecule has 1 aromatic heterocycles. The summed E-state index contributed by atoms with van der Waals surface area (Å²) in [5.41, 5.74) is 4.36. The number of fused-ring (bicyclic) bond motifs is 6. The van der Waals surface area contributed by atoms with Crippen molar-refractivity contribution < 1.29 is 17.9 Å². The number of hydrogen-bond acceptors (Lipinski definition) is 6. The molecule has 0 saturated carbocycles. The van der Waals surface area contributed by atoms with Crippen LogP contribution < -0.4 is 4.72 Å². The molecule has 0 spiro atoms. The second-order valence-electron chi connectivity index (χ2n) is 9.31. The summed E-state index contributed by atoms with van der Waals surface area (Å²) < 4.78 is 35.4. The van der Waals surface area contributed by atoms with Gasteiger partial charge in [0.1, 0.15) is 6.10 Å². The SMILES string of the molecule is CC[C@H]1C=CC(C)=C1CC1=NC(=NC)NS(=O)(=O)c2cccc(c2)C(=O)N2Cc3ccncc3C(C2)O1. The Morgan fingerprint density at radius 3 is 2.89 bits per heavy atom. The van der Waals surface area contributed by atoms with Gasteiger partial charge in [-0.25, -0.2) is 13.1 Å². The predicted octanol–water partition coefficient (Wildman–Crippen LogP) is 3.77. The van der Waals surface area contributed by atoms with Gasteiger partial charge in [-0.2, -0.15) is 4.99 Å². The van der Waals surface area contributed by atoms with E-state index in [1.54, 1.807) is 29.4 Å². The number of allylic oxidation sites excluding steroid dienone is 3. The molecule has 2 aliphatic heterocycles. The number of carbonyl (C=O) groups is 1. The number of amides is 1. The fourth-order valence-corrected chi connectivity index (χ4v) is 5.99. The normalized spacial score (nSPS) is 23.9. The molecule has 1 aromatic carbocycles. The van der Waals surface area contributed by atoms with E-state index in [1.807, 2.05) is 13.0 Å². The number of ether oxygens (including phenoxy) is 1. The Morgan fingerprint density at radius 2 is 2.11 bits per heavy atom. The van der Waals surface area contributed by atoms with Gasteiger partial charge in [0.25, 0.3) is 15.9 Å². The molecule has 1 N–H and O–H groups in total. The van der Waals surface area contributed by atoms with Crippen molar-refractivity contribution in [3.05, 3.63) is 82.7 Å². The zero-order valence-electron chi connectivity index (χ0n) is 21.0. The summed E-state index contributed by atoms with van der Waals surface area (Å²) in [5.74, 6) is 0.191. The Balaban J connectivity index is 1.64. The summed E-state index contributed by atoms with van der Waals surface area (Å²) in [7, 11) is -2.58. The van der Waals surface area contributed by atoms with Gasteiger partial charge in [-0.15, -0.1) is 0 Å². The second kappa shape index (κ2) is 9.93. The zero-order chi connectivity index (χ0) is 26.2. The van der Waals surface area contributed by atoms with Crippen molar-refractivity contribution in [1.29, 1.82) is 0 Å². The van der Waals surface area contributed by atoms with Gasteiger partial charge in [0.2, 0.25) is 5.96 Å². The monoisotopic (exact) mass is 519 g/mol. The molecular weight excluding hydrogens is 490 g/mol. The Morgan fingerprint density at radius 1 is 1.27 bits per heavy atom. The van der Waals surface area contributed by atoms with Crippen LogP contribution in [0.1, 0.15) is 54.3 Å². The molecular formula is C27H29N5O4S. The summed E-state index contributed by atoms with van der Waals surface area (Å²) in [4.78, 5) is 28.1. The number of aromatic nitrogens is 1. The van der Waals surface area contributed by atoms with Crippen LogP contribution in [0.5, 0.6) is 0 Å². The van der Waals surface area contributed by atoms with E-state index in [0.29, 0.717) is 18.9 Å². The van der Waals surface area contributed by atoms with Crippen molar-refractivity contribution in [2.45, 2.75) is 44.2 Å². The number of benzene rings is 1. The smallest absolute Gasteiger partial charge is 0.264 e. The predicted molar refractivity (Wildman–Crippen MR) is 141 cm³/mol. The largest absolute Gasteiger partial charge is 0.470 e. The van der Waals surface area contributed by atoms with Crippen LogP contribution in [0.2, 0.25) is 0 Å². The van der Waals surface area contributed by atoms with Gasteiger partial charge < -0.3 is 9.64 Å². The van der Waals surface area contributed by atoms with Crippen LogP contribution in [0.25, 0.3) is 0 Å². The molecule has 0 fully saturated rings. The van der Waals surface area contributed by atoms with E-state index in [0.717, 1.165) is 28.7 Å². The van der Waals surface area contributed by atoms with Gasteiger partial charge in [-0.05, 0) is 49.1 Å². The first kappa shape index (κ1) is 24.9. The van der Waals surface area contributed by atoms with Crippen LogP contribution in [0.15, 0.2) is 80.9 Å². The lowest BCUT2D eigenvalue weighted by molar-refractivity contribution is 0.0571. The third kappa shape index (κ3) is 4.93. The molecule has 1 aliphatic carbocycles. The molecule has 10 heteroatoms. The van der Waals surface area contributed by atoms with Crippen LogP contribution in [-0.4, -0.2) is 49.7 Å². The second-order valence-corrected chi connectivity index (χ2v) is 11.0. The highest BCUT2D eigenvalue weighted by molar-refractivity contribution is 7.90. The fourth-order valence-electron chi connectivity index (χ4n) is 4.95. The van der Waals surface area contributed by atoms with E-state index in [4.69, 9.17) is 4.74 Å². The molecule has 0 radical (unpaired) electrons. The lowest BCUT2D eigenvalue weighted by Gasteiger charge is -2.35. The van der Waals surface area contributed by atoms with Gasteiger partial charge in [0.05, 0.1) is 11.4 Å². The van der Waals surface area contributed by atoms with Crippen molar-refractivity contribution >= 4 is 27.8 Å². The first-order chi connectivity index (χ1) is 17.8. The third-order valence-corrected chi connectivity index (χ3v) is 8.31. The Labute approximate surface area is 216 Å². The first-order valence-corrected chi connectivity index (χ1v) is 13.7. The van der Waals surface area contributed by atoms with E-state index in [2.05, 4.69) is 38.8 Å². The minimum Gasteiger partial charge on any atom is -0.470 e. The maximum absolute atomic E-state index is 13.5. The number of nitrogens with one attached hydrogen (secondary N) is 1. The molecule has 2 aromatic rings. The number of hydrogen-bond donors (Lipinski definition) is 1. The lowest BCUT2D eigenvalue weighted by atomic mass is 9.95. The van der Waals surface area contributed by atoms with Crippen LogP contribution in [0.4, 0.5) is 0 Å². The zero-order valence-corrected chi connectivity index (χ0v) is 21.8. The molecule has 4 bridgehead atoms. The van der Waals surface area contributed by atoms with Gasteiger partial charge in [0, 0.05) is 43.5 Å². The Kier molecular flexibility index (Phi) is 6.68. The van der Waals surface area contributed by atoms with Gasteiger partial charge in [0.15, 0.2) is 5.90 Å². The topological polar surface area (TPSA) is 113 Å². The van der Waals surface area contributed by atoms with Crippen LogP contribution in [0, 0.1) is 5.92 Å². The van der Waals surface area contributed by atoms with Crippen molar-refractivity contribution in [3.63, 3.8) is 0 Å². The summed E-state index contributed by atoms with van der Waals surface area (Å²) in [5, 5.41) is 0. The number of guanidine groups is 1. The quantitative estimate of drug-likeness (QED) is 0.663. The highest BCUT2D eigenvalue weighted by Gasteiger charge is 2.33. The summed E-state index contributed by atoms with van der Waals surface area (Å²) in [6.07, 6.45) is 8.47. The minimum absolute atomic E-state index is 0.0424. The number of nitrogens with zero attached hydrogens (tertiary/aromatic N) is 4. The minimum atomic E-state index is -4.05. The van der Waals surface area contributed by atoms with Crippen molar-refractivity contribution in [2.24, 2.45) is 15.9 Å². The van der Waals surface area contributed by atoms with E-state index in [-0.39, 0.29) is 34.8 Å². The number of sulfonamides is 1. The number of rotatable bonds is 3. The molecule has 0 saturated heterocycles. The van der Waals surface area contributed by atoms with Crippen LogP contribution in [0.3, 0.4) is 0 Å². The third-order valence-electron chi connectivity index (χ3n) is 6.98.